The van der Waals surface area contributed by atoms with Gasteiger partial charge < -0.3 is 29.7 Å². The molecular formula is C26H30F6N2O7. The summed E-state index contributed by atoms with van der Waals surface area (Å²) < 4.78 is 80.2. The number of likely N-dealkylation sites (tertiary alicyclic amines) is 1. The molecule has 0 bridgehead atoms. The van der Waals surface area contributed by atoms with Crippen molar-refractivity contribution in [2.45, 2.75) is 43.4 Å². The highest BCUT2D eigenvalue weighted by atomic mass is 19.4. The van der Waals surface area contributed by atoms with Crippen molar-refractivity contribution in [3.8, 4) is 11.5 Å². The van der Waals surface area contributed by atoms with Gasteiger partial charge in [-0.3, -0.25) is 4.90 Å². The Balaban J connectivity index is 0.000000349. The van der Waals surface area contributed by atoms with Crippen molar-refractivity contribution in [1.29, 1.82) is 0 Å². The largest absolute Gasteiger partial charge is 0.497 e. The van der Waals surface area contributed by atoms with Gasteiger partial charge in [0, 0.05) is 31.7 Å². The smallest absolute Gasteiger partial charge is 0.490 e. The molecule has 2 aliphatic rings. The lowest BCUT2D eigenvalue weighted by Crippen LogP contribution is -2.33. The normalized spacial score (nSPS) is 20.3. The van der Waals surface area contributed by atoms with Crippen molar-refractivity contribution < 1.29 is 60.4 Å². The first-order valence-corrected chi connectivity index (χ1v) is 12.1. The number of aliphatic carboxylic acids is 2. The predicted molar refractivity (Wildman–Crippen MR) is 134 cm³/mol. The summed E-state index contributed by atoms with van der Waals surface area (Å²) in [7, 11) is 3.39. The minimum Gasteiger partial charge on any atom is -0.497 e. The van der Waals surface area contributed by atoms with Gasteiger partial charge in [-0.25, -0.2) is 9.59 Å². The van der Waals surface area contributed by atoms with Crippen LogP contribution in [0.15, 0.2) is 48.5 Å². The van der Waals surface area contributed by atoms with Crippen LogP contribution in [0.4, 0.5) is 32.0 Å². The van der Waals surface area contributed by atoms with Crippen molar-refractivity contribution in [2.75, 3.05) is 39.2 Å². The van der Waals surface area contributed by atoms with E-state index < -0.39 is 24.3 Å². The Morgan fingerprint density at radius 1 is 0.927 bits per heavy atom. The topological polar surface area (TPSA) is 118 Å². The van der Waals surface area contributed by atoms with Crippen LogP contribution in [0.5, 0.6) is 11.5 Å². The van der Waals surface area contributed by atoms with Crippen LogP contribution in [0, 0.1) is 0 Å². The molecule has 3 N–H and O–H groups in total. The van der Waals surface area contributed by atoms with E-state index in [9.17, 15) is 26.3 Å². The maximum absolute atomic E-state index is 10.6. The maximum Gasteiger partial charge on any atom is 0.490 e. The fourth-order valence-corrected chi connectivity index (χ4v) is 4.20. The zero-order valence-electron chi connectivity index (χ0n) is 22.1. The summed E-state index contributed by atoms with van der Waals surface area (Å²) in [5.41, 5.74) is 2.43. The van der Waals surface area contributed by atoms with Crippen LogP contribution < -0.4 is 14.8 Å². The quantitative estimate of drug-likeness (QED) is 0.404. The average Bonchev–Trinajstić information content (AvgIpc) is 3.49. The molecule has 2 aliphatic heterocycles. The molecule has 2 atom stereocenters. The first-order valence-electron chi connectivity index (χ1n) is 12.1. The number of halogens is 6. The standard InChI is InChI=1S/C22H28N2O3.2C2HF3O2/c1-25-20-7-3-17(4-8-20)14-24-12-11-22(16-24)13-19(15-27-22)23-18-5-9-21(26-2)10-6-18;2*3-2(4,5)1(6)7/h3-10,19,23H,11-16H2,1-2H3;2*(H,6,7). The fraction of sp³-hybridized carbons (Fsp3) is 0.462. The number of alkyl halides is 6. The van der Waals surface area contributed by atoms with Gasteiger partial charge >= 0.3 is 24.3 Å². The number of ether oxygens (including phenoxy) is 3. The second-order valence-corrected chi connectivity index (χ2v) is 9.18. The van der Waals surface area contributed by atoms with Gasteiger partial charge in [-0.05, 0) is 48.4 Å². The molecule has 0 amide bonds. The molecule has 228 valence electrons. The monoisotopic (exact) mass is 596 g/mol. The molecule has 2 saturated heterocycles. The van der Waals surface area contributed by atoms with E-state index in [4.69, 9.17) is 34.0 Å². The lowest BCUT2D eigenvalue weighted by molar-refractivity contribution is -0.193. The molecule has 0 radical (unpaired) electrons. The summed E-state index contributed by atoms with van der Waals surface area (Å²) in [6.07, 6.45) is -8.01. The molecule has 2 aromatic carbocycles. The van der Waals surface area contributed by atoms with Gasteiger partial charge in [0.15, 0.2) is 0 Å². The number of nitrogens with zero attached hydrogens (tertiary/aromatic N) is 1. The number of rotatable bonds is 6. The maximum atomic E-state index is 10.6. The number of anilines is 1. The van der Waals surface area contributed by atoms with Crippen LogP contribution in [-0.4, -0.2) is 85.0 Å². The van der Waals surface area contributed by atoms with E-state index in [1.807, 2.05) is 24.3 Å². The summed E-state index contributed by atoms with van der Waals surface area (Å²) in [5, 5.41) is 17.9. The number of carbonyl (C=O) groups is 2. The summed E-state index contributed by atoms with van der Waals surface area (Å²) in [4.78, 5) is 20.3. The Labute approximate surface area is 231 Å². The molecule has 0 saturated carbocycles. The van der Waals surface area contributed by atoms with Gasteiger partial charge in [-0.1, -0.05) is 12.1 Å². The molecular weight excluding hydrogens is 566 g/mol. The first-order chi connectivity index (χ1) is 19.1. The number of methoxy groups -OCH3 is 2. The molecule has 2 aromatic rings. The van der Waals surface area contributed by atoms with Crippen molar-refractivity contribution >= 4 is 17.6 Å². The Kier molecular flexibility index (Phi) is 11.6. The third kappa shape index (κ3) is 11.0. The second kappa shape index (κ2) is 14.3. The van der Waals surface area contributed by atoms with Crippen molar-refractivity contribution in [2.24, 2.45) is 0 Å². The van der Waals surface area contributed by atoms with Crippen LogP contribution in [0.3, 0.4) is 0 Å². The van der Waals surface area contributed by atoms with Crippen LogP contribution >= 0.6 is 0 Å². The highest BCUT2D eigenvalue weighted by molar-refractivity contribution is 5.73. The van der Waals surface area contributed by atoms with Crippen molar-refractivity contribution in [3.05, 3.63) is 54.1 Å². The molecule has 4 rings (SSSR count). The van der Waals surface area contributed by atoms with Gasteiger partial charge in [0.1, 0.15) is 11.5 Å². The minimum atomic E-state index is -5.08. The van der Waals surface area contributed by atoms with E-state index in [-0.39, 0.29) is 5.60 Å². The van der Waals surface area contributed by atoms with E-state index in [1.54, 1.807) is 14.2 Å². The van der Waals surface area contributed by atoms with Crippen molar-refractivity contribution in [3.63, 3.8) is 0 Å². The van der Waals surface area contributed by atoms with Crippen molar-refractivity contribution in [1.82, 2.24) is 4.90 Å². The first kappa shape index (κ1) is 33.5. The van der Waals surface area contributed by atoms with Gasteiger partial charge in [-0.2, -0.15) is 26.3 Å². The van der Waals surface area contributed by atoms with Crippen LogP contribution in [-0.2, 0) is 20.9 Å². The van der Waals surface area contributed by atoms with E-state index in [1.165, 1.54) is 5.56 Å². The number of hydrogen-bond acceptors (Lipinski definition) is 7. The summed E-state index contributed by atoms with van der Waals surface area (Å²) >= 11 is 0. The zero-order valence-corrected chi connectivity index (χ0v) is 22.1. The van der Waals surface area contributed by atoms with E-state index in [0.29, 0.717) is 6.04 Å². The lowest BCUT2D eigenvalue weighted by Gasteiger charge is -2.23. The molecule has 0 aromatic heterocycles. The van der Waals surface area contributed by atoms with Crippen LogP contribution in [0.25, 0.3) is 0 Å². The Morgan fingerprint density at radius 2 is 1.39 bits per heavy atom. The van der Waals surface area contributed by atoms with Gasteiger partial charge in [0.25, 0.3) is 0 Å². The van der Waals surface area contributed by atoms with E-state index >= 15 is 0 Å². The Morgan fingerprint density at radius 3 is 1.83 bits per heavy atom. The zero-order chi connectivity index (χ0) is 30.8. The molecule has 2 unspecified atom stereocenters. The SMILES string of the molecule is COc1ccc(CN2CCC3(CC(Nc4ccc(OC)cc4)CO3)C2)cc1.O=C(O)C(F)(F)F.O=C(O)C(F)(F)F. The molecule has 9 nitrogen and oxygen atoms in total. The highest BCUT2D eigenvalue weighted by Crippen LogP contribution is 2.37. The Bertz CT molecular complexity index is 1040. The summed E-state index contributed by atoms with van der Waals surface area (Å²) in [6, 6.07) is 16.8. The number of benzene rings is 2. The van der Waals surface area contributed by atoms with Crippen LogP contribution in [0.2, 0.25) is 0 Å². The number of nitrogens with one attached hydrogen (secondary N) is 1. The molecule has 0 aliphatic carbocycles. The molecule has 15 heteroatoms. The molecule has 41 heavy (non-hydrogen) atoms. The Hall–Kier alpha value is -3.72. The summed E-state index contributed by atoms with van der Waals surface area (Å²) in [6.45, 7) is 3.81. The number of carboxylic acid groups (broad SMARTS) is 2. The number of carboxylic acids is 2. The van der Waals surface area contributed by atoms with Gasteiger partial charge in [0.05, 0.1) is 32.5 Å². The average molecular weight is 597 g/mol. The second-order valence-electron chi connectivity index (χ2n) is 9.18. The summed E-state index contributed by atoms with van der Waals surface area (Å²) in [5.74, 6) is -3.73. The fourth-order valence-electron chi connectivity index (χ4n) is 4.20. The van der Waals surface area contributed by atoms with E-state index in [0.717, 1.165) is 56.3 Å². The molecule has 2 fully saturated rings. The third-order valence-electron chi connectivity index (χ3n) is 6.12. The highest BCUT2D eigenvalue weighted by Gasteiger charge is 2.45. The minimum absolute atomic E-state index is 0.00337. The third-order valence-corrected chi connectivity index (χ3v) is 6.12. The molecule has 1 spiro atoms. The molecule has 2 heterocycles. The van der Waals surface area contributed by atoms with Gasteiger partial charge in [-0.15, -0.1) is 0 Å². The van der Waals surface area contributed by atoms with E-state index in [2.05, 4.69) is 34.5 Å². The van der Waals surface area contributed by atoms with Gasteiger partial charge in [0.2, 0.25) is 0 Å². The van der Waals surface area contributed by atoms with Crippen LogP contribution in [0.1, 0.15) is 18.4 Å². The number of hydrogen-bond donors (Lipinski definition) is 3. The lowest BCUT2D eigenvalue weighted by atomic mass is 9.97. The predicted octanol–water partition coefficient (Wildman–Crippen LogP) is 4.82.